The maximum absolute atomic E-state index is 11.9. The molecule has 0 spiro atoms. The number of carbonyl (C=O) groups excluding carboxylic acids is 1. The molecule has 0 aliphatic carbocycles. The van der Waals surface area contributed by atoms with Crippen molar-refractivity contribution in [3.8, 4) is 5.75 Å². The van der Waals surface area contributed by atoms with Gasteiger partial charge >= 0.3 is 11.6 Å². The average molecular weight is 248 g/mol. The van der Waals surface area contributed by atoms with Crippen molar-refractivity contribution in [3.63, 3.8) is 0 Å². The molecule has 0 aliphatic rings. The summed E-state index contributed by atoms with van der Waals surface area (Å²) < 4.78 is 9.94. The summed E-state index contributed by atoms with van der Waals surface area (Å²) in [5.74, 6) is -0.608. The van der Waals surface area contributed by atoms with E-state index in [2.05, 4.69) is 0 Å². The molecule has 1 aromatic heterocycles. The molecule has 0 radical (unpaired) electrons. The Balaban J connectivity index is 2.80. The van der Waals surface area contributed by atoms with Gasteiger partial charge in [0, 0.05) is 17.0 Å². The van der Waals surface area contributed by atoms with Crippen LogP contribution in [0.4, 0.5) is 0 Å². The lowest BCUT2D eigenvalue weighted by Gasteiger charge is -2.08. The summed E-state index contributed by atoms with van der Waals surface area (Å²) in [7, 11) is 0. The lowest BCUT2D eigenvalue weighted by Crippen LogP contribution is -2.14. The van der Waals surface area contributed by atoms with E-state index >= 15 is 0 Å². The van der Waals surface area contributed by atoms with Crippen LogP contribution in [0.2, 0.25) is 0 Å². The molecule has 2 aromatic rings. The van der Waals surface area contributed by atoms with Gasteiger partial charge in [-0.1, -0.05) is 0 Å². The highest BCUT2D eigenvalue weighted by Crippen LogP contribution is 2.24. The highest BCUT2D eigenvalue weighted by molar-refractivity contribution is 6.04. The van der Waals surface area contributed by atoms with E-state index in [9.17, 15) is 14.7 Å². The Kier molecular flexibility index (Phi) is 3.06. The van der Waals surface area contributed by atoms with Gasteiger partial charge in [-0.2, -0.15) is 0 Å². The first-order valence-electron chi connectivity index (χ1n) is 5.48. The fourth-order valence-electron chi connectivity index (χ4n) is 1.75. The van der Waals surface area contributed by atoms with Crippen LogP contribution in [0.3, 0.4) is 0 Å². The molecule has 1 heterocycles. The number of rotatable bonds is 2. The molecule has 94 valence electrons. The summed E-state index contributed by atoms with van der Waals surface area (Å²) in [6, 6.07) is 4.23. The minimum absolute atomic E-state index is 0.0377. The average Bonchev–Trinajstić information content (AvgIpc) is 2.31. The Labute approximate surface area is 103 Å². The monoisotopic (exact) mass is 248 g/mol. The molecule has 5 heteroatoms. The zero-order valence-corrected chi connectivity index (χ0v) is 10.0. The van der Waals surface area contributed by atoms with Crippen molar-refractivity contribution in [2.45, 2.75) is 13.8 Å². The number of phenolic OH excluding ortho intramolecular Hbond substituents is 1. The van der Waals surface area contributed by atoms with Gasteiger partial charge in [-0.3, -0.25) is 0 Å². The number of hydrogen-bond donors (Lipinski definition) is 1. The second kappa shape index (κ2) is 4.52. The number of aromatic hydroxyl groups is 1. The van der Waals surface area contributed by atoms with Crippen LogP contribution < -0.4 is 5.63 Å². The molecule has 0 bridgehead atoms. The molecule has 1 N–H and O–H groups in total. The second-order valence-electron chi connectivity index (χ2n) is 3.79. The van der Waals surface area contributed by atoms with Gasteiger partial charge in [0.25, 0.3) is 0 Å². The summed E-state index contributed by atoms with van der Waals surface area (Å²) in [4.78, 5) is 23.5. The van der Waals surface area contributed by atoms with E-state index in [-0.39, 0.29) is 29.1 Å². The minimum Gasteiger partial charge on any atom is -0.508 e. The topological polar surface area (TPSA) is 76.7 Å². The van der Waals surface area contributed by atoms with E-state index < -0.39 is 11.6 Å². The van der Waals surface area contributed by atoms with Crippen LogP contribution in [0.1, 0.15) is 22.8 Å². The summed E-state index contributed by atoms with van der Waals surface area (Å²) in [5.41, 5.74) is -0.0699. The maximum atomic E-state index is 11.9. The lowest BCUT2D eigenvalue weighted by atomic mass is 10.1. The highest BCUT2D eigenvalue weighted by atomic mass is 16.5. The Morgan fingerprint density at radius 3 is 2.83 bits per heavy atom. The Morgan fingerprint density at radius 1 is 1.44 bits per heavy atom. The third-order valence-electron chi connectivity index (χ3n) is 2.60. The van der Waals surface area contributed by atoms with E-state index in [1.807, 2.05) is 0 Å². The maximum Gasteiger partial charge on any atom is 0.340 e. The van der Waals surface area contributed by atoms with Gasteiger partial charge in [0.15, 0.2) is 0 Å². The number of benzene rings is 1. The van der Waals surface area contributed by atoms with Crippen molar-refractivity contribution >= 4 is 16.9 Å². The van der Waals surface area contributed by atoms with E-state index in [0.717, 1.165) is 0 Å². The first kappa shape index (κ1) is 12.2. The predicted molar refractivity (Wildman–Crippen MR) is 64.8 cm³/mol. The molecule has 0 saturated heterocycles. The molecule has 0 saturated carbocycles. The smallest absolute Gasteiger partial charge is 0.340 e. The lowest BCUT2D eigenvalue weighted by molar-refractivity contribution is 0.0527. The van der Waals surface area contributed by atoms with Crippen LogP contribution in [0, 0.1) is 6.92 Å². The van der Waals surface area contributed by atoms with Gasteiger partial charge in [0.1, 0.15) is 11.3 Å². The number of carbonyl (C=O) groups is 1. The van der Waals surface area contributed by atoms with E-state index in [1.54, 1.807) is 6.92 Å². The van der Waals surface area contributed by atoms with Crippen molar-refractivity contribution in [1.82, 2.24) is 0 Å². The molecule has 0 aliphatic heterocycles. The van der Waals surface area contributed by atoms with E-state index in [0.29, 0.717) is 5.39 Å². The fourth-order valence-corrected chi connectivity index (χ4v) is 1.75. The Morgan fingerprint density at radius 2 is 2.17 bits per heavy atom. The summed E-state index contributed by atoms with van der Waals surface area (Å²) in [6.45, 7) is 3.41. The molecule has 2 rings (SSSR count). The zero-order valence-electron chi connectivity index (χ0n) is 10.0. The second-order valence-corrected chi connectivity index (χ2v) is 3.79. The molecular weight excluding hydrogens is 236 g/mol. The van der Waals surface area contributed by atoms with E-state index in [1.165, 1.54) is 25.1 Å². The molecule has 0 amide bonds. The standard InChI is InChI=1S/C13H12O5/c1-3-17-13(16)11-7(2)12(15)18-10-6-8(14)4-5-9(10)11/h4-6,14H,3H2,1-2H3. The van der Waals surface area contributed by atoms with Crippen LogP contribution in [0.5, 0.6) is 5.75 Å². The quantitative estimate of drug-likeness (QED) is 0.649. The minimum atomic E-state index is -0.615. The van der Waals surface area contributed by atoms with Gasteiger partial charge in [0.2, 0.25) is 0 Å². The number of fused-ring (bicyclic) bond motifs is 1. The molecule has 0 fully saturated rings. The number of ether oxygens (including phenoxy) is 1. The summed E-state index contributed by atoms with van der Waals surface area (Å²) in [6.07, 6.45) is 0. The third-order valence-corrected chi connectivity index (χ3v) is 2.60. The van der Waals surface area contributed by atoms with Gasteiger partial charge in [-0.15, -0.1) is 0 Å². The molecule has 5 nitrogen and oxygen atoms in total. The van der Waals surface area contributed by atoms with Crippen LogP contribution in [-0.4, -0.2) is 17.7 Å². The predicted octanol–water partition coefficient (Wildman–Crippen LogP) is 1.98. The number of phenols is 1. The summed E-state index contributed by atoms with van der Waals surface area (Å²) in [5, 5.41) is 9.79. The largest absolute Gasteiger partial charge is 0.508 e. The van der Waals surface area contributed by atoms with Crippen LogP contribution >= 0.6 is 0 Å². The zero-order chi connectivity index (χ0) is 13.3. The van der Waals surface area contributed by atoms with Crippen LogP contribution in [-0.2, 0) is 4.74 Å². The van der Waals surface area contributed by atoms with Crippen molar-refractivity contribution in [2.75, 3.05) is 6.61 Å². The highest BCUT2D eigenvalue weighted by Gasteiger charge is 2.19. The molecule has 18 heavy (non-hydrogen) atoms. The fraction of sp³-hybridized carbons (Fsp3) is 0.231. The first-order valence-corrected chi connectivity index (χ1v) is 5.48. The van der Waals surface area contributed by atoms with Crippen molar-refractivity contribution < 1.29 is 19.1 Å². The molecule has 1 aromatic carbocycles. The van der Waals surface area contributed by atoms with E-state index in [4.69, 9.17) is 9.15 Å². The van der Waals surface area contributed by atoms with Crippen LogP contribution in [0.25, 0.3) is 11.0 Å². The number of esters is 1. The Hall–Kier alpha value is -2.30. The van der Waals surface area contributed by atoms with Gasteiger partial charge in [-0.25, -0.2) is 9.59 Å². The van der Waals surface area contributed by atoms with Crippen molar-refractivity contribution in [3.05, 3.63) is 39.7 Å². The van der Waals surface area contributed by atoms with Crippen molar-refractivity contribution in [2.24, 2.45) is 0 Å². The van der Waals surface area contributed by atoms with Gasteiger partial charge in [-0.05, 0) is 26.0 Å². The van der Waals surface area contributed by atoms with Gasteiger partial charge in [0.05, 0.1) is 12.2 Å². The Bertz CT molecular complexity index is 669. The third kappa shape index (κ3) is 1.95. The molecule has 0 unspecified atom stereocenters. The SMILES string of the molecule is CCOC(=O)c1c(C)c(=O)oc2cc(O)ccc12. The molecular formula is C13H12O5. The molecule has 0 atom stereocenters. The number of hydrogen-bond acceptors (Lipinski definition) is 5. The van der Waals surface area contributed by atoms with Crippen molar-refractivity contribution in [1.29, 1.82) is 0 Å². The summed E-state index contributed by atoms with van der Waals surface area (Å²) >= 11 is 0. The van der Waals surface area contributed by atoms with Gasteiger partial charge < -0.3 is 14.3 Å². The normalized spacial score (nSPS) is 10.6. The van der Waals surface area contributed by atoms with Crippen LogP contribution in [0.15, 0.2) is 27.4 Å². The first-order chi connectivity index (χ1) is 8.54.